The lowest BCUT2D eigenvalue weighted by Gasteiger charge is -2.31. The predicted molar refractivity (Wildman–Crippen MR) is 112 cm³/mol. The fraction of sp³-hybridized carbons (Fsp3) is 0.636. The number of rotatable bonds is 7. The van der Waals surface area contributed by atoms with Gasteiger partial charge in [0.05, 0.1) is 0 Å². The maximum atomic E-state index is 12.6. The molecule has 29 heavy (non-hydrogen) atoms. The quantitative estimate of drug-likeness (QED) is 0.757. The average molecular weight is 404 g/mol. The Labute approximate surface area is 173 Å². The average Bonchev–Trinajstić information content (AvgIpc) is 2.75. The molecule has 3 rings (SSSR count). The van der Waals surface area contributed by atoms with Crippen LogP contribution in [0.2, 0.25) is 0 Å². The van der Waals surface area contributed by atoms with Crippen molar-refractivity contribution in [2.75, 3.05) is 51.8 Å². The van der Waals surface area contributed by atoms with Crippen LogP contribution in [-0.2, 0) is 14.3 Å². The summed E-state index contributed by atoms with van der Waals surface area (Å²) in [5.74, 6) is 0.803. The highest BCUT2D eigenvalue weighted by molar-refractivity contribution is 5.92. The van der Waals surface area contributed by atoms with Crippen LogP contribution < -0.4 is 10.1 Å². The van der Waals surface area contributed by atoms with E-state index in [1.165, 1.54) is 0 Å². The van der Waals surface area contributed by atoms with Crippen molar-refractivity contribution in [2.24, 2.45) is 5.92 Å². The van der Waals surface area contributed by atoms with Crippen molar-refractivity contribution in [3.8, 4) is 5.75 Å². The van der Waals surface area contributed by atoms with Crippen molar-refractivity contribution in [1.29, 1.82) is 0 Å². The smallest absolute Gasteiger partial charge is 0.248 e. The van der Waals surface area contributed by atoms with E-state index in [9.17, 15) is 9.59 Å². The Morgan fingerprint density at radius 1 is 1.03 bits per heavy atom. The number of amides is 2. The largest absolute Gasteiger partial charge is 0.490 e. The Balaban J connectivity index is 1.42. The topological polar surface area (TPSA) is 71.1 Å². The lowest BCUT2D eigenvalue weighted by molar-refractivity contribution is -0.138. The van der Waals surface area contributed by atoms with Crippen LogP contribution in [0.5, 0.6) is 5.75 Å². The lowest BCUT2D eigenvalue weighted by Crippen LogP contribution is -2.42. The van der Waals surface area contributed by atoms with Gasteiger partial charge in [0.25, 0.3) is 0 Å². The second-order valence-electron chi connectivity index (χ2n) is 7.93. The Bertz CT molecular complexity index is 663. The van der Waals surface area contributed by atoms with E-state index < -0.39 is 0 Å². The van der Waals surface area contributed by atoms with Gasteiger partial charge in [0, 0.05) is 44.4 Å². The van der Waals surface area contributed by atoms with E-state index in [1.807, 2.05) is 31.2 Å². The molecule has 0 unspecified atom stereocenters. The summed E-state index contributed by atoms with van der Waals surface area (Å²) < 4.78 is 11.2. The molecule has 0 bridgehead atoms. The highest BCUT2D eigenvalue weighted by atomic mass is 16.5. The molecule has 0 atom stereocenters. The molecule has 7 nitrogen and oxygen atoms in total. The van der Waals surface area contributed by atoms with Gasteiger partial charge in [0.15, 0.2) is 0 Å². The SMILES string of the molecule is CCOCC(=O)N1CCC(C(=O)Nc2ccc(OC3CCN(C)CC3)cc2)CC1. The minimum atomic E-state index is -0.0682. The number of carbonyl (C=O) groups is 2. The monoisotopic (exact) mass is 403 g/mol. The van der Waals surface area contributed by atoms with Crippen molar-refractivity contribution in [3.63, 3.8) is 0 Å². The number of nitrogens with zero attached hydrogens (tertiary/aromatic N) is 2. The number of nitrogens with one attached hydrogen (secondary N) is 1. The summed E-state index contributed by atoms with van der Waals surface area (Å²) in [5, 5.41) is 3.00. The van der Waals surface area contributed by atoms with Crippen LogP contribution in [-0.4, -0.2) is 74.2 Å². The first-order valence-electron chi connectivity index (χ1n) is 10.7. The number of piperidine rings is 2. The van der Waals surface area contributed by atoms with Gasteiger partial charge in [0.1, 0.15) is 18.5 Å². The Morgan fingerprint density at radius 2 is 1.69 bits per heavy atom. The second kappa shape index (κ2) is 10.6. The van der Waals surface area contributed by atoms with Crippen molar-refractivity contribution in [1.82, 2.24) is 9.80 Å². The van der Waals surface area contributed by atoms with E-state index in [0.29, 0.717) is 32.5 Å². The molecule has 7 heteroatoms. The van der Waals surface area contributed by atoms with Gasteiger partial charge in [-0.05, 0) is 63.9 Å². The Kier molecular flexibility index (Phi) is 7.89. The lowest BCUT2D eigenvalue weighted by atomic mass is 9.95. The van der Waals surface area contributed by atoms with Gasteiger partial charge in [-0.25, -0.2) is 0 Å². The molecule has 2 heterocycles. The number of likely N-dealkylation sites (tertiary alicyclic amines) is 2. The van der Waals surface area contributed by atoms with E-state index in [4.69, 9.17) is 9.47 Å². The van der Waals surface area contributed by atoms with E-state index in [0.717, 1.165) is 37.4 Å². The zero-order valence-electron chi connectivity index (χ0n) is 17.6. The number of carbonyl (C=O) groups excluding carboxylic acids is 2. The van der Waals surface area contributed by atoms with Crippen LogP contribution in [0.4, 0.5) is 5.69 Å². The summed E-state index contributed by atoms with van der Waals surface area (Å²) in [5.41, 5.74) is 0.778. The molecule has 0 saturated carbocycles. The molecule has 2 fully saturated rings. The highest BCUT2D eigenvalue weighted by Crippen LogP contribution is 2.23. The summed E-state index contributed by atoms with van der Waals surface area (Å²) in [6.07, 6.45) is 3.71. The molecule has 2 saturated heterocycles. The van der Waals surface area contributed by atoms with E-state index in [-0.39, 0.29) is 30.4 Å². The maximum absolute atomic E-state index is 12.6. The van der Waals surface area contributed by atoms with Gasteiger partial charge >= 0.3 is 0 Å². The fourth-order valence-corrected chi connectivity index (χ4v) is 3.83. The molecular weight excluding hydrogens is 370 g/mol. The highest BCUT2D eigenvalue weighted by Gasteiger charge is 2.27. The van der Waals surface area contributed by atoms with Gasteiger partial charge in [-0.2, -0.15) is 0 Å². The van der Waals surface area contributed by atoms with E-state index in [1.54, 1.807) is 4.90 Å². The molecule has 0 spiro atoms. The van der Waals surface area contributed by atoms with Crippen molar-refractivity contribution in [3.05, 3.63) is 24.3 Å². The van der Waals surface area contributed by atoms with Crippen molar-refractivity contribution in [2.45, 2.75) is 38.7 Å². The van der Waals surface area contributed by atoms with Crippen LogP contribution in [0.1, 0.15) is 32.6 Å². The van der Waals surface area contributed by atoms with Gasteiger partial charge < -0.3 is 24.6 Å². The van der Waals surface area contributed by atoms with E-state index >= 15 is 0 Å². The number of anilines is 1. The maximum Gasteiger partial charge on any atom is 0.248 e. The van der Waals surface area contributed by atoms with Crippen molar-refractivity contribution >= 4 is 17.5 Å². The third kappa shape index (κ3) is 6.44. The first-order chi connectivity index (χ1) is 14.0. The Morgan fingerprint density at radius 3 is 2.31 bits per heavy atom. The molecule has 0 aromatic heterocycles. The van der Waals surface area contributed by atoms with Crippen LogP contribution in [0.25, 0.3) is 0 Å². The first kappa shape index (κ1) is 21.6. The Hall–Kier alpha value is -2.12. The molecule has 2 amide bonds. The third-order valence-electron chi connectivity index (χ3n) is 5.74. The molecule has 1 aromatic carbocycles. The second-order valence-corrected chi connectivity index (χ2v) is 7.93. The van der Waals surface area contributed by atoms with Crippen LogP contribution in [0, 0.1) is 5.92 Å². The number of ether oxygens (including phenoxy) is 2. The first-order valence-corrected chi connectivity index (χ1v) is 10.7. The normalized spacial score (nSPS) is 19.2. The zero-order valence-corrected chi connectivity index (χ0v) is 17.6. The van der Waals surface area contributed by atoms with Gasteiger partial charge in [0.2, 0.25) is 11.8 Å². The number of hydrogen-bond donors (Lipinski definition) is 1. The standard InChI is InChI=1S/C22H33N3O4/c1-3-28-16-21(26)25-14-8-17(9-15-25)22(27)23-18-4-6-19(7-5-18)29-20-10-12-24(2)13-11-20/h4-7,17,20H,3,8-16H2,1-2H3,(H,23,27). The number of hydrogen-bond acceptors (Lipinski definition) is 5. The molecule has 0 radical (unpaired) electrons. The predicted octanol–water partition coefficient (Wildman–Crippen LogP) is 2.37. The summed E-state index contributed by atoms with van der Waals surface area (Å²) in [7, 11) is 2.14. The molecule has 2 aliphatic heterocycles. The van der Waals surface area contributed by atoms with Crippen LogP contribution in [0.3, 0.4) is 0 Å². The molecule has 0 aliphatic carbocycles. The zero-order chi connectivity index (χ0) is 20.6. The summed E-state index contributed by atoms with van der Waals surface area (Å²) in [4.78, 5) is 28.7. The number of benzene rings is 1. The van der Waals surface area contributed by atoms with Gasteiger partial charge in [-0.15, -0.1) is 0 Å². The van der Waals surface area contributed by atoms with Crippen molar-refractivity contribution < 1.29 is 19.1 Å². The van der Waals surface area contributed by atoms with Gasteiger partial charge in [-0.1, -0.05) is 0 Å². The molecular formula is C22H33N3O4. The van der Waals surface area contributed by atoms with Crippen LogP contribution >= 0.6 is 0 Å². The minimum absolute atomic E-state index is 0.00547. The molecule has 1 aromatic rings. The molecule has 2 aliphatic rings. The summed E-state index contributed by atoms with van der Waals surface area (Å²) in [6.45, 7) is 5.87. The minimum Gasteiger partial charge on any atom is -0.490 e. The summed E-state index contributed by atoms with van der Waals surface area (Å²) in [6, 6.07) is 7.62. The molecule has 160 valence electrons. The molecule has 1 N–H and O–H groups in total. The third-order valence-corrected chi connectivity index (χ3v) is 5.74. The summed E-state index contributed by atoms with van der Waals surface area (Å²) >= 11 is 0. The van der Waals surface area contributed by atoms with Crippen LogP contribution in [0.15, 0.2) is 24.3 Å². The van der Waals surface area contributed by atoms with Gasteiger partial charge in [-0.3, -0.25) is 9.59 Å². The fourth-order valence-electron chi connectivity index (χ4n) is 3.83. The van der Waals surface area contributed by atoms with E-state index in [2.05, 4.69) is 17.3 Å².